The Hall–Kier alpha value is -2.29. The van der Waals surface area contributed by atoms with Gasteiger partial charge in [-0.2, -0.15) is 4.31 Å². The zero-order valence-corrected chi connectivity index (χ0v) is 17.3. The molecule has 0 bridgehead atoms. The van der Waals surface area contributed by atoms with Gasteiger partial charge in [0.15, 0.2) is 0 Å². The van der Waals surface area contributed by atoms with E-state index in [1.54, 1.807) is 18.3 Å². The number of hydrogen-bond acceptors (Lipinski definition) is 5. The summed E-state index contributed by atoms with van der Waals surface area (Å²) < 4.78 is 32.7. The molecule has 1 aromatic heterocycles. The van der Waals surface area contributed by atoms with E-state index in [0.29, 0.717) is 38.4 Å². The van der Waals surface area contributed by atoms with Gasteiger partial charge in [-0.3, -0.25) is 9.78 Å². The van der Waals surface area contributed by atoms with Gasteiger partial charge in [0.25, 0.3) is 5.91 Å². The van der Waals surface area contributed by atoms with Gasteiger partial charge in [0, 0.05) is 30.9 Å². The minimum Gasteiger partial charge on any atom is -0.379 e. The summed E-state index contributed by atoms with van der Waals surface area (Å²) >= 11 is 0. The van der Waals surface area contributed by atoms with E-state index >= 15 is 0 Å². The maximum atomic E-state index is 13.4. The number of ether oxygens (including phenoxy) is 1. The molecular formula is C21H25N3O4S. The molecule has 2 aromatic rings. The van der Waals surface area contributed by atoms with E-state index in [1.165, 1.54) is 10.4 Å². The summed E-state index contributed by atoms with van der Waals surface area (Å²) in [4.78, 5) is 19.7. The standard InChI is InChI=1S/C21H25N3O4S/c1-16-5-8-19(29(26,27)23-10-12-28-13-11-23)14-20(16)21(25)24(18-6-7-18)15-17-4-2-3-9-22-17/h2-5,8-9,14,18H,6-7,10-13,15H2,1H3. The molecule has 1 saturated carbocycles. The lowest BCUT2D eigenvalue weighted by Gasteiger charge is -2.27. The maximum absolute atomic E-state index is 13.4. The molecule has 2 fully saturated rings. The minimum atomic E-state index is -3.65. The number of amides is 1. The van der Waals surface area contributed by atoms with Crippen LogP contribution in [0.2, 0.25) is 0 Å². The lowest BCUT2D eigenvalue weighted by atomic mass is 10.1. The lowest BCUT2D eigenvalue weighted by Crippen LogP contribution is -2.40. The average Bonchev–Trinajstić information content (AvgIpc) is 3.58. The van der Waals surface area contributed by atoms with Crippen LogP contribution < -0.4 is 0 Å². The third kappa shape index (κ3) is 4.34. The van der Waals surface area contributed by atoms with E-state index in [2.05, 4.69) is 4.98 Å². The van der Waals surface area contributed by atoms with Gasteiger partial charge in [0.1, 0.15) is 0 Å². The van der Waals surface area contributed by atoms with E-state index in [1.807, 2.05) is 30.0 Å². The minimum absolute atomic E-state index is 0.144. The number of benzene rings is 1. The van der Waals surface area contributed by atoms with Crippen molar-refractivity contribution in [2.45, 2.75) is 37.2 Å². The monoisotopic (exact) mass is 415 g/mol. The third-order valence-electron chi connectivity index (χ3n) is 5.35. The lowest BCUT2D eigenvalue weighted by molar-refractivity contribution is 0.0723. The molecule has 0 N–H and O–H groups in total. The summed E-state index contributed by atoms with van der Waals surface area (Å²) in [6.07, 6.45) is 3.64. The van der Waals surface area contributed by atoms with Gasteiger partial charge in [-0.1, -0.05) is 12.1 Å². The topological polar surface area (TPSA) is 79.8 Å². The highest BCUT2D eigenvalue weighted by atomic mass is 32.2. The molecule has 8 heteroatoms. The molecule has 1 aromatic carbocycles. The molecule has 2 heterocycles. The number of sulfonamides is 1. The first-order chi connectivity index (χ1) is 14.0. The number of morpholine rings is 1. The molecule has 4 rings (SSSR count). The van der Waals surface area contributed by atoms with E-state index in [4.69, 9.17) is 4.74 Å². The second kappa shape index (κ2) is 8.22. The summed E-state index contributed by atoms with van der Waals surface area (Å²) in [7, 11) is -3.65. The van der Waals surface area contributed by atoms with E-state index in [9.17, 15) is 13.2 Å². The molecule has 1 saturated heterocycles. The summed E-state index contributed by atoms with van der Waals surface area (Å²) in [5, 5.41) is 0. The number of aromatic nitrogens is 1. The fourth-order valence-corrected chi connectivity index (χ4v) is 4.94. The van der Waals surface area contributed by atoms with Gasteiger partial charge in [-0.05, 0) is 49.6 Å². The maximum Gasteiger partial charge on any atom is 0.254 e. The molecule has 0 atom stereocenters. The molecule has 0 radical (unpaired) electrons. The fraction of sp³-hybridized carbons (Fsp3) is 0.429. The van der Waals surface area contributed by atoms with Crippen molar-refractivity contribution in [1.82, 2.24) is 14.2 Å². The van der Waals surface area contributed by atoms with Crippen molar-refractivity contribution >= 4 is 15.9 Å². The molecule has 1 aliphatic heterocycles. The Morgan fingerprint density at radius 1 is 1.21 bits per heavy atom. The molecule has 29 heavy (non-hydrogen) atoms. The van der Waals surface area contributed by atoms with E-state index < -0.39 is 10.0 Å². The SMILES string of the molecule is Cc1ccc(S(=O)(=O)N2CCOCC2)cc1C(=O)N(Cc1ccccn1)C1CC1. The van der Waals surface area contributed by atoms with Crippen molar-refractivity contribution in [2.75, 3.05) is 26.3 Å². The Labute approximate surface area is 171 Å². The average molecular weight is 416 g/mol. The molecule has 1 amide bonds. The molecule has 7 nitrogen and oxygen atoms in total. The van der Waals surface area contributed by atoms with Crippen molar-refractivity contribution in [3.63, 3.8) is 0 Å². The Morgan fingerprint density at radius 2 is 1.97 bits per heavy atom. The Kier molecular flexibility index (Phi) is 5.67. The molecule has 0 spiro atoms. The number of rotatable bonds is 6. The first kappa shape index (κ1) is 20.0. The summed E-state index contributed by atoms with van der Waals surface area (Å²) in [6.45, 7) is 3.68. The second-order valence-corrected chi connectivity index (χ2v) is 9.42. The number of carbonyl (C=O) groups is 1. The Morgan fingerprint density at radius 3 is 2.62 bits per heavy atom. The van der Waals surface area contributed by atoms with Crippen LogP contribution in [0.5, 0.6) is 0 Å². The van der Waals surface area contributed by atoms with E-state index in [0.717, 1.165) is 24.1 Å². The van der Waals surface area contributed by atoms with Gasteiger partial charge in [0.05, 0.1) is 30.3 Å². The second-order valence-electron chi connectivity index (χ2n) is 7.48. The third-order valence-corrected chi connectivity index (χ3v) is 7.25. The van der Waals surface area contributed by atoms with Crippen LogP contribution in [0, 0.1) is 6.92 Å². The highest BCUT2D eigenvalue weighted by Gasteiger charge is 2.35. The van der Waals surface area contributed by atoms with Crippen LogP contribution in [-0.2, 0) is 21.3 Å². The van der Waals surface area contributed by atoms with Gasteiger partial charge in [-0.25, -0.2) is 8.42 Å². The van der Waals surface area contributed by atoms with Gasteiger partial charge >= 0.3 is 0 Å². The van der Waals surface area contributed by atoms with Crippen LogP contribution in [0.1, 0.15) is 34.5 Å². The molecule has 2 aliphatic rings. The predicted octanol–water partition coefficient (Wildman–Crippen LogP) is 2.22. The molecule has 0 unspecified atom stereocenters. The van der Waals surface area contributed by atoms with Crippen molar-refractivity contribution in [3.05, 3.63) is 59.4 Å². The number of carbonyl (C=O) groups excluding carboxylic acids is 1. The van der Waals surface area contributed by atoms with Crippen LogP contribution in [0.15, 0.2) is 47.5 Å². The summed E-state index contributed by atoms with van der Waals surface area (Å²) in [6, 6.07) is 10.6. The molecule has 154 valence electrons. The number of pyridine rings is 1. The van der Waals surface area contributed by atoms with Gasteiger partial charge in [0.2, 0.25) is 10.0 Å². The number of aryl methyl sites for hydroxylation is 1. The Balaban J connectivity index is 1.63. The number of nitrogens with zero attached hydrogens (tertiary/aromatic N) is 3. The van der Waals surface area contributed by atoms with Crippen molar-refractivity contribution in [1.29, 1.82) is 0 Å². The molecular weight excluding hydrogens is 390 g/mol. The first-order valence-corrected chi connectivity index (χ1v) is 11.3. The zero-order valence-electron chi connectivity index (χ0n) is 16.5. The van der Waals surface area contributed by atoms with E-state index in [-0.39, 0.29) is 16.8 Å². The summed E-state index contributed by atoms with van der Waals surface area (Å²) in [5.41, 5.74) is 2.02. The summed E-state index contributed by atoms with van der Waals surface area (Å²) in [5.74, 6) is -0.144. The fourth-order valence-electron chi connectivity index (χ4n) is 3.50. The van der Waals surface area contributed by atoms with Crippen LogP contribution in [-0.4, -0.2) is 60.9 Å². The van der Waals surface area contributed by atoms with Crippen molar-refractivity contribution < 1.29 is 17.9 Å². The molecule has 1 aliphatic carbocycles. The van der Waals surface area contributed by atoms with Crippen molar-refractivity contribution in [3.8, 4) is 0 Å². The highest BCUT2D eigenvalue weighted by molar-refractivity contribution is 7.89. The smallest absolute Gasteiger partial charge is 0.254 e. The van der Waals surface area contributed by atoms with Crippen LogP contribution in [0.4, 0.5) is 0 Å². The first-order valence-electron chi connectivity index (χ1n) is 9.86. The van der Waals surface area contributed by atoms with Crippen LogP contribution >= 0.6 is 0 Å². The normalized spacial score (nSPS) is 17.8. The van der Waals surface area contributed by atoms with Crippen molar-refractivity contribution in [2.24, 2.45) is 0 Å². The number of hydrogen-bond donors (Lipinski definition) is 0. The Bertz CT molecular complexity index is 984. The quantitative estimate of drug-likeness (QED) is 0.723. The predicted molar refractivity (Wildman–Crippen MR) is 108 cm³/mol. The zero-order chi connectivity index (χ0) is 20.4. The van der Waals surface area contributed by atoms with Crippen LogP contribution in [0.3, 0.4) is 0 Å². The van der Waals surface area contributed by atoms with Crippen LogP contribution in [0.25, 0.3) is 0 Å². The van der Waals surface area contributed by atoms with Gasteiger partial charge < -0.3 is 9.64 Å². The highest BCUT2D eigenvalue weighted by Crippen LogP contribution is 2.31. The van der Waals surface area contributed by atoms with Gasteiger partial charge in [-0.15, -0.1) is 0 Å². The largest absolute Gasteiger partial charge is 0.379 e.